The van der Waals surface area contributed by atoms with Gasteiger partial charge >= 0.3 is 0 Å². The Kier molecular flexibility index (Phi) is 3.62. The molecule has 0 spiro atoms. The number of amides is 1. The zero-order chi connectivity index (χ0) is 11.7. The first-order valence-corrected chi connectivity index (χ1v) is 6.23. The predicted molar refractivity (Wildman–Crippen MR) is 68.6 cm³/mol. The monoisotopic (exact) mass is 276 g/mol. The van der Waals surface area contributed by atoms with Crippen LogP contribution in [0.25, 0.3) is 0 Å². The first-order valence-electron chi connectivity index (χ1n) is 4.84. The van der Waals surface area contributed by atoms with Crippen molar-refractivity contribution in [2.24, 2.45) is 5.92 Å². The molecule has 16 heavy (non-hydrogen) atoms. The average molecular weight is 277 g/mol. The molecule has 2 rings (SSSR count). The van der Waals surface area contributed by atoms with Gasteiger partial charge in [0.15, 0.2) is 0 Å². The molecule has 0 bridgehead atoms. The summed E-state index contributed by atoms with van der Waals surface area (Å²) in [7, 11) is 0. The number of hydrogen-bond acceptors (Lipinski definition) is 3. The third-order valence-electron chi connectivity index (χ3n) is 2.52. The maximum atomic E-state index is 11.8. The van der Waals surface area contributed by atoms with Gasteiger partial charge in [-0.25, -0.2) is 4.98 Å². The largest absolute Gasteiger partial charge is 0.312 e. The summed E-state index contributed by atoms with van der Waals surface area (Å²) in [5.41, 5.74) is 0.708. The van der Waals surface area contributed by atoms with Crippen LogP contribution in [0.2, 0.25) is 10.3 Å². The number of hydrogen-bond donors (Lipinski definition) is 1. The molecule has 0 N–H and O–H groups in total. The molecule has 0 aliphatic carbocycles. The standard InChI is InChI=1S/C10H10Cl2N2OS/c11-8-2-7(3-9(12)13-8)14-4-6(5-16)1-10(14)15/h2-3,6,16H,1,4-5H2. The van der Waals surface area contributed by atoms with E-state index in [0.29, 0.717) is 40.6 Å². The van der Waals surface area contributed by atoms with Crippen molar-refractivity contribution in [3.05, 3.63) is 22.4 Å². The molecule has 1 unspecified atom stereocenters. The molecular weight excluding hydrogens is 267 g/mol. The quantitative estimate of drug-likeness (QED) is 0.666. The maximum Gasteiger partial charge on any atom is 0.227 e. The fourth-order valence-electron chi connectivity index (χ4n) is 1.76. The number of pyridine rings is 1. The van der Waals surface area contributed by atoms with Crippen molar-refractivity contribution in [3.8, 4) is 0 Å². The molecule has 6 heteroatoms. The second-order valence-corrected chi connectivity index (χ2v) is 4.87. The topological polar surface area (TPSA) is 33.2 Å². The summed E-state index contributed by atoms with van der Waals surface area (Å²) in [5, 5.41) is 0.592. The van der Waals surface area contributed by atoms with Gasteiger partial charge in [0.2, 0.25) is 5.91 Å². The van der Waals surface area contributed by atoms with Gasteiger partial charge in [-0.3, -0.25) is 4.79 Å². The average Bonchev–Trinajstić information content (AvgIpc) is 2.58. The summed E-state index contributed by atoms with van der Waals surface area (Å²) in [6.07, 6.45) is 0.529. The highest BCUT2D eigenvalue weighted by molar-refractivity contribution is 7.80. The van der Waals surface area contributed by atoms with E-state index in [-0.39, 0.29) is 5.91 Å². The molecule has 1 aliphatic heterocycles. The second-order valence-electron chi connectivity index (χ2n) is 3.73. The molecule has 1 amide bonds. The van der Waals surface area contributed by atoms with Crippen LogP contribution in [0.1, 0.15) is 6.42 Å². The number of anilines is 1. The van der Waals surface area contributed by atoms with Gasteiger partial charge in [0, 0.05) is 18.7 Å². The van der Waals surface area contributed by atoms with Crippen molar-refractivity contribution in [3.63, 3.8) is 0 Å². The molecule has 0 radical (unpaired) electrons. The van der Waals surface area contributed by atoms with Crippen LogP contribution in [0, 0.1) is 5.92 Å². The van der Waals surface area contributed by atoms with Gasteiger partial charge < -0.3 is 4.90 Å². The molecule has 0 saturated carbocycles. The van der Waals surface area contributed by atoms with E-state index < -0.39 is 0 Å². The van der Waals surface area contributed by atoms with Gasteiger partial charge in [0.05, 0.1) is 0 Å². The number of halogens is 2. The van der Waals surface area contributed by atoms with Crippen LogP contribution in [0.15, 0.2) is 12.1 Å². The first-order chi connectivity index (χ1) is 7.60. The molecule has 86 valence electrons. The van der Waals surface area contributed by atoms with Gasteiger partial charge in [-0.1, -0.05) is 23.2 Å². The molecule has 1 atom stereocenters. The zero-order valence-electron chi connectivity index (χ0n) is 8.36. The van der Waals surface area contributed by atoms with E-state index in [2.05, 4.69) is 17.6 Å². The normalized spacial score (nSPS) is 20.6. The number of rotatable bonds is 2. The lowest BCUT2D eigenvalue weighted by Crippen LogP contribution is -2.24. The van der Waals surface area contributed by atoms with Crippen LogP contribution in [-0.2, 0) is 4.79 Å². The number of carbonyl (C=O) groups excluding carboxylic acids is 1. The Hall–Kier alpha value is -0.450. The first kappa shape index (κ1) is 12.0. The van der Waals surface area contributed by atoms with Crippen LogP contribution >= 0.6 is 35.8 Å². The van der Waals surface area contributed by atoms with Crippen molar-refractivity contribution in [1.82, 2.24) is 4.98 Å². The number of thiol groups is 1. The minimum absolute atomic E-state index is 0.0809. The highest BCUT2D eigenvalue weighted by atomic mass is 35.5. The van der Waals surface area contributed by atoms with Crippen LogP contribution in [-0.4, -0.2) is 23.2 Å². The van der Waals surface area contributed by atoms with E-state index in [0.717, 1.165) is 0 Å². The fraction of sp³-hybridized carbons (Fsp3) is 0.400. The van der Waals surface area contributed by atoms with Gasteiger partial charge in [-0.05, 0) is 23.8 Å². The van der Waals surface area contributed by atoms with E-state index in [9.17, 15) is 4.79 Å². The van der Waals surface area contributed by atoms with E-state index in [1.165, 1.54) is 0 Å². The summed E-state index contributed by atoms with van der Waals surface area (Å²) in [5.74, 6) is 1.08. The summed E-state index contributed by atoms with van der Waals surface area (Å²) >= 11 is 15.8. The van der Waals surface area contributed by atoms with Gasteiger partial charge in [-0.2, -0.15) is 12.6 Å². The summed E-state index contributed by atoms with van der Waals surface area (Å²) in [4.78, 5) is 17.3. The Morgan fingerprint density at radius 2 is 2.06 bits per heavy atom. The Labute approximate surface area is 109 Å². The Morgan fingerprint density at radius 3 is 2.56 bits per heavy atom. The fourth-order valence-corrected chi connectivity index (χ4v) is 2.46. The van der Waals surface area contributed by atoms with Crippen LogP contribution in [0.4, 0.5) is 5.69 Å². The highest BCUT2D eigenvalue weighted by Crippen LogP contribution is 2.28. The molecule has 0 aromatic carbocycles. The summed E-state index contributed by atoms with van der Waals surface area (Å²) in [6, 6.07) is 3.29. The van der Waals surface area contributed by atoms with Gasteiger partial charge in [0.1, 0.15) is 10.3 Å². The minimum atomic E-state index is 0.0809. The van der Waals surface area contributed by atoms with E-state index in [1.54, 1.807) is 17.0 Å². The maximum absolute atomic E-state index is 11.8. The molecule has 1 aromatic rings. The number of aromatic nitrogens is 1. The van der Waals surface area contributed by atoms with E-state index in [1.807, 2.05) is 0 Å². The molecule has 1 aliphatic rings. The Bertz CT molecular complexity index is 407. The third-order valence-corrected chi connectivity index (χ3v) is 3.43. The van der Waals surface area contributed by atoms with E-state index >= 15 is 0 Å². The van der Waals surface area contributed by atoms with Crippen molar-refractivity contribution in [1.29, 1.82) is 0 Å². The highest BCUT2D eigenvalue weighted by Gasteiger charge is 2.29. The number of nitrogens with zero attached hydrogens (tertiary/aromatic N) is 2. The molecular formula is C10H10Cl2N2OS. The molecule has 1 saturated heterocycles. The summed E-state index contributed by atoms with van der Waals surface area (Å²) in [6.45, 7) is 0.666. The van der Waals surface area contributed by atoms with Crippen LogP contribution < -0.4 is 4.90 Å². The Morgan fingerprint density at radius 1 is 1.44 bits per heavy atom. The third kappa shape index (κ3) is 2.44. The summed E-state index contributed by atoms with van der Waals surface area (Å²) < 4.78 is 0. The lowest BCUT2D eigenvalue weighted by Gasteiger charge is -2.16. The van der Waals surface area contributed by atoms with Crippen LogP contribution in [0.5, 0.6) is 0 Å². The van der Waals surface area contributed by atoms with Crippen molar-refractivity contribution >= 4 is 47.4 Å². The molecule has 1 aromatic heterocycles. The molecule has 3 nitrogen and oxygen atoms in total. The second kappa shape index (κ2) is 4.82. The van der Waals surface area contributed by atoms with Gasteiger partial charge in [-0.15, -0.1) is 0 Å². The lowest BCUT2D eigenvalue weighted by atomic mass is 10.1. The smallest absolute Gasteiger partial charge is 0.227 e. The molecule has 1 fully saturated rings. The zero-order valence-corrected chi connectivity index (χ0v) is 10.8. The van der Waals surface area contributed by atoms with Crippen molar-refractivity contribution in [2.75, 3.05) is 17.2 Å². The van der Waals surface area contributed by atoms with Crippen molar-refractivity contribution < 1.29 is 4.79 Å². The van der Waals surface area contributed by atoms with Gasteiger partial charge in [0.25, 0.3) is 0 Å². The van der Waals surface area contributed by atoms with E-state index in [4.69, 9.17) is 23.2 Å². The van der Waals surface area contributed by atoms with Crippen molar-refractivity contribution in [2.45, 2.75) is 6.42 Å². The lowest BCUT2D eigenvalue weighted by molar-refractivity contribution is -0.117. The number of carbonyl (C=O) groups is 1. The Balaban J connectivity index is 2.27. The molecule has 2 heterocycles. The predicted octanol–water partition coefficient (Wildman–Crippen LogP) is 2.67. The van der Waals surface area contributed by atoms with Crippen LogP contribution in [0.3, 0.4) is 0 Å². The minimum Gasteiger partial charge on any atom is -0.312 e. The SMILES string of the molecule is O=C1CC(CS)CN1c1cc(Cl)nc(Cl)c1.